The van der Waals surface area contributed by atoms with Crippen LogP contribution in [-0.4, -0.2) is 31.7 Å². The van der Waals surface area contributed by atoms with E-state index >= 15 is 0 Å². The van der Waals surface area contributed by atoms with Crippen LogP contribution in [0.25, 0.3) is 11.4 Å². The fraction of sp³-hybridized carbons (Fsp3) is 0.185. The van der Waals surface area contributed by atoms with E-state index < -0.39 is 0 Å². The van der Waals surface area contributed by atoms with Crippen LogP contribution in [0.15, 0.2) is 59.8 Å². The highest BCUT2D eigenvalue weighted by molar-refractivity contribution is 8.00. The number of nitrogens with zero attached hydrogens (tertiary/aromatic N) is 3. The third-order valence-corrected chi connectivity index (χ3v) is 7.11. The van der Waals surface area contributed by atoms with Crippen molar-refractivity contribution in [3.05, 3.63) is 87.7 Å². The molecule has 182 valence electrons. The minimum absolute atomic E-state index is 0.147. The summed E-state index contributed by atoms with van der Waals surface area (Å²) in [6.07, 6.45) is 2.13. The molecule has 7 nitrogen and oxygen atoms in total. The Morgan fingerprint density at radius 2 is 1.83 bits per heavy atom. The van der Waals surface area contributed by atoms with Gasteiger partial charge < -0.3 is 15.2 Å². The van der Waals surface area contributed by atoms with Gasteiger partial charge in [-0.15, -0.1) is 0 Å². The fourth-order valence-electron chi connectivity index (χ4n) is 3.91. The molecule has 0 spiro atoms. The van der Waals surface area contributed by atoms with Crippen LogP contribution in [0.4, 0.5) is 5.69 Å². The second kappa shape index (κ2) is 10.3. The first-order valence-electron chi connectivity index (χ1n) is 11.3. The summed E-state index contributed by atoms with van der Waals surface area (Å²) in [4.78, 5) is 26.6. The number of aryl methyl sites for hydroxylation is 2. The summed E-state index contributed by atoms with van der Waals surface area (Å²) >= 11 is 7.26. The molecule has 1 amide bonds. The second-order valence-corrected chi connectivity index (χ2v) is 9.86. The number of hydrogen-bond donors (Lipinski definition) is 2. The number of carbonyl (C=O) groups is 1. The van der Waals surface area contributed by atoms with Gasteiger partial charge in [0.25, 0.3) is 0 Å². The summed E-state index contributed by atoms with van der Waals surface area (Å²) in [5.41, 5.74) is 5.71. The number of aliphatic hydroxyl groups excluding tert-OH is 1. The number of carbonyl (C=O) groups excluding carboxylic acids is 1. The normalized spacial score (nSPS) is 11.9. The molecule has 0 saturated carbocycles. The number of halogens is 1. The second-order valence-electron chi connectivity index (χ2n) is 8.46. The van der Waals surface area contributed by atoms with Crippen LogP contribution in [0, 0.1) is 13.8 Å². The molecule has 4 aromatic rings. The van der Waals surface area contributed by atoms with E-state index in [1.54, 1.807) is 30.5 Å². The van der Waals surface area contributed by atoms with Gasteiger partial charge in [-0.1, -0.05) is 53.2 Å². The maximum atomic E-state index is 12.7. The molecule has 0 saturated heterocycles. The number of pyridine rings is 1. The maximum Gasteiger partial charge on any atom is 0.234 e. The predicted octanol–water partition coefficient (Wildman–Crippen LogP) is 5.73. The first kappa shape index (κ1) is 24.2. The quantitative estimate of drug-likeness (QED) is 0.219. The zero-order chi connectivity index (χ0) is 25.2. The lowest BCUT2D eigenvalue weighted by Gasteiger charge is -2.24. The highest BCUT2D eigenvalue weighted by Crippen LogP contribution is 2.42. The summed E-state index contributed by atoms with van der Waals surface area (Å²) < 4.78 is 6.24. The summed E-state index contributed by atoms with van der Waals surface area (Å²) in [7, 11) is 0. The number of benzene rings is 2. The number of hydrogen-bond acceptors (Lipinski definition) is 7. The molecule has 2 aromatic heterocycles. The third-order valence-electron chi connectivity index (χ3n) is 5.84. The zero-order valence-electron chi connectivity index (χ0n) is 19.7. The van der Waals surface area contributed by atoms with Crippen molar-refractivity contribution in [2.45, 2.75) is 31.9 Å². The molecule has 3 heterocycles. The number of rotatable bonds is 6. The van der Waals surface area contributed by atoms with Gasteiger partial charge >= 0.3 is 0 Å². The first-order valence-corrected chi connectivity index (χ1v) is 12.7. The fourth-order valence-corrected chi connectivity index (χ4v) is 4.86. The molecular weight excluding hydrogens is 496 g/mol. The SMILES string of the molecule is Cc1ccc(-c2nc3c(c(SCC(=O)Nc4ccc(Cl)cc4)n2)Cc2c(CO)cnc(C)c2O3)cc1. The van der Waals surface area contributed by atoms with Crippen molar-refractivity contribution in [3.63, 3.8) is 0 Å². The van der Waals surface area contributed by atoms with E-state index in [0.717, 1.165) is 27.9 Å². The Bertz CT molecular complexity index is 1440. The number of fused-ring (bicyclic) bond motifs is 2. The van der Waals surface area contributed by atoms with Crippen molar-refractivity contribution in [3.8, 4) is 23.0 Å². The van der Waals surface area contributed by atoms with E-state index in [1.165, 1.54) is 11.8 Å². The summed E-state index contributed by atoms with van der Waals surface area (Å²) in [6.45, 7) is 3.74. The van der Waals surface area contributed by atoms with Gasteiger partial charge in [0.15, 0.2) is 11.6 Å². The molecule has 5 rings (SSSR count). The van der Waals surface area contributed by atoms with Crippen molar-refractivity contribution >= 4 is 35.0 Å². The zero-order valence-corrected chi connectivity index (χ0v) is 21.3. The Balaban J connectivity index is 1.48. The van der Waals surface area contributed by atoms with E-state index in [2.05, 4.69) is 10.3 Å². The Kier molecular flexibility index (Phi) is 6.91. The molecule has 1 aliphatic rings. The Morgan fingerprint density at radius 1 is 1.08 bits per heavy atom. The van der Waals surface area contributed by atoms with Crippen molar-refractivity contribution in [1.82, 2.24) is 15.0 Å². The van der Waals surface area contributed by atoms with E-state index in [1.807, 2.05) is 38.1 Å². The molecular formula is C27H23ClN4O3S. The van der Waals surface area contributed by atoms with Crippen molar-refractivity contribution in [1.29, 1.82) is 0 Å². The van der Waals surface area contributed by atoms with Gasteiger partial charge in [0.2, 0.25) is 11.8 Å². The van der Waals surface area contributed by atoms with Crippen molar-refractivity contribution in [2.75, 3.05) is 11.1 Å². The lowest BCUT2D eigenvalue weighted by Crippen LogP contribution is -2.16. The molecule has 0 bridgehead atoms. The van der Waals surface area contributed by atoms with Gasteiger partial charge in [-0.25, -0.2) is 4.98 Å². The highest BCUT2D eigenvalue weighted by Gasteiger charge is 2.28. The smallest absolute Gasteiger partial charge is 0.234 e. The molecule has 36 heavy (non-hydrogen) atoms. The van der Waals surface area contributed by atoms with Gasteiger partial charge in [-0.3, -0.25) is 9.78 Å². The standard InChI is InChI=1S/C27H23ClN4O3S/c1-15-3-5-17(6-4-15)25-31-26-22(11-21-18(13-33)12-29-16(2)24(21)35-26)27(32-25)36-14-23(34)30-20-9-7-19(28)8-10-20/h3-10,12,33H,11,13-14H2,1-2H3,(H,30,34). The minimum atomic E-state index is -0.167. The Morgan fingerprint density at radius 3 is 2.56 bits per heavy atom. The van der Waals surface area contributed by atoms with Crippen LogP contribution in [0.5, 0.6) is 11.6 Å². The number of ether oxygens (including phenoxy) is 1. The average Bonchev–Trinajstić information content (AvgIpc) is 2.88. The number of amides is 1. The number of aromatic nitrogens is 3. The van der Waals surface area contributed by atoms with Crippen LogP contribution in [0.2, 0.25) is 5.02 Å². The van der Waals surface area contributed by atoms with Crippen molar-refractivity contribution in [2.24, 2.45) is 0 Å². The summed E-state index contributed by atoms with van der Waals surface area (Å²) in [5.74, 6) is 1.54. The Labute approximate surface area is 217 Å². The molecule has 0 aliphatic carbocycles. The lowest BCUT2D eigenvalue weighted by atomic mass is 9.99. The molecule has 0 atom stereocenters. The van der Waals surface area contributed by atoms with E-state index in [-0.39, 0.29) is 18.3 Å². The number of thioether (sulfide) groups is 1. The molecule has 1 aliphatic heterocycles. The maximum absolute atomic E-state index is 12.7. The summed E-state index contributed by atoms with van der Waals surface area (Å²) in [6, 6.07) is 14.9. The topological polar surface area (TPSA) is 97.2 Å². The number of anilines is 1. The van der Waals surface area contributed by atoms with Gasteiger partial charge in [0.1, 0.15) is 5.03 Å². The minimum Gasteiger partial charge on any atom is -0.436 e. The van der Waals surface area contributed by atoms with Gasteiger partial charge in [-0.05, 0) is 38.1 Å². The average molecular weight is 519 g/mol. The van der Waals surface area contributed by atoms with Gasteiger partial charge in [-0.2, -0.15) is 4.98 Å². The van der Waals surface area contributed by atoms with E-state index in [9.17, 15) is 9.90 Å². The van der Waals surface area contributed by atoms with Crippen LogP contribution in [-0.2, 0) is 17.8 Å². The molecule has 0 radical (unpaired) electrons. The molecule has 2 aromatic carbocycles. The Hall–Kier alpha value is -3.46. The molecule has 9 heteroatoms. The monoisotopic (exact) mass is 518 g/mol. The molecule has 0 fully saturated rings. The lowest BCUT2D eigenvalue weighted by molar-refractivity contribution is -0.113. The van der Waals surface area contributed by atoms with Crippen LogP contribution in [0.1, 0.15) is 27.9 Å². The molecule has 2 N–H and O–H groups in total. The first-order chi connectivity index (χ1) is 17.4. The van der Waals surface area contributed by atoms with Gasteiger partial charge in [0.05, 0.1) is 23.6 Å². The number of nitrogens with one attached hydrogen (secondary N) is 1. The van der Waals surface area contributed by atoms with E-state index in [0.29, 0.717) is 45.2 Å². The van der Waals surface area contributed by atoms with Crippen molar-refractivity contribution < 1.29 is 14.6 Å². The summed E-state index contributed by atoms with van der Waals surface area (Å²) in [5, 5.41) is 14.0. The highest BCUT2D eigenvalue weighted by atomic mass is 35.5. The van der Waals surface area contributed by atoms with Crippen LogP contribution < -0.4 is 10.1 Å². The molecule has 0 unspecified atom stereocenters. The predicted molar refractivity (Wildman–Crippen MR) is 141 cm³/mol. The largest absolute Gasteiger partial charge is 0.436 e. The number of aliphatic hydroxyl groups is 1. The third kappa shape index (κ3) is 5.06. The van der Waals surface area contributed by atoms with Gasteiger partial charge in [0, 0.05) is 40.0 Å². The van der Waals surface area contributed by atoms with Crippen LogP contribution in [0.3, 0.4) is 0 Å². The van der Waals surface area contributed by atoms with Crippen LogP contribution >= 0.6 is 23.4 Å². The van der Waals surface area contributed by atoms with E-state index in [4.69, 9.17) is 26.3 Å².